The van der Waals surface area contributed by atoms with Crippen molar-refractivity contribution in [1.29, 1.82) is 0 Å². The molecule has 2 heterocycles. The molecule has 0 saturated heterocycles. The molecule has 90 valence electrons. The number of nitrogens with zero attached hydrogens (tertiary/aromatic N) is 3. The number of halogens is 2. The van der Waals surface area contributed by atoms with E-state index in [9.17, 15) is 0 Å². The molecule has 17 heavy (non-hydrogen) atoms. The van der Waals surface area contributed by atoms with Crippen LogP contribution in [0.4, 0.5) is 0 Å². The van der Waals surface area contributed by atoms with Crippen LogP contribution in [0.5, 0.6) is 0 Å². The maximum absolute atomic E-state index is 4.37. The van der Waals surface area contributed by atoms with Gasteiger partial charge in [-0.3, -0.25) is 4.68 Å². The summed E-state index contributed by atoms with van der Waals surface area (Å²) in [7, 11) is 1.96. The fraction of sp³-hybridized carbons (Fsp3) is 0.273. The normalized spacial score (nSPS) is 10.8. The quantitative estimate of drug-likeness (QED) is 0.760. The number of hydrogen-bond acceptors (Lipinski definition) is 3. The van der Waals surface area contributed by atoms with Gasteiger partial charge in [-0.2, -0.15) is 5.10 Å². The van der Waals surface area contributed by atoms with Crippen LogP contribution >= 0.6 is 43.6 Å². The summed E-state index contributed by atoms with van der Waals surface area (Å²) in [6.45, 7) is 2.00. The molecule has 0 radical (unpaired) electrons. The SMILES string of the molecule is Cc1nn(C)c(CSc2ccc(Br)cn2)c1Br. The summed E-state index contributed by atoms with van der Waals surface area (Å²) in [6.07, 6.45) is 1.81. The van der Waals surface area contributed by atoms with Gasteiger partial charge < -0.3 is 0 Å². The standard InChI is InChI=1S/C11H11Br2N3S/c1-7-11(13)9(16(2)15-7)6-17-10-4-3-8(12)5-14-10/h3-5H,6H2,1-2H3. The van der Waals surface area contributed by atoms with Gasteiger partial charge in [-0.15, -0.1) is 11.8 Å². The number of aromatic nitrogens is 3. The maximum atomic E-state index is 4.37. The zero-order valence-electron chi connectivity index (χ0n) is 9.44. The largest absolute Gasteiger partial charge is 0.270 e. The van der Waals surface area contributed by atoms with Crippen LogP contribution in [0.2, 0.25) is 0 Å². The predicted molar refractivity (Wildman–Crippen MR) is 77.1 cm³/mol. The van der Waals surface area contributed by atoms with Crippen molar-refractivity contribution in [3.63, 3.8) is 0 Å². The fourth-order valence-electron chi connectivity index (χ4n) is 1.43. The van der Waals surface area contributed by atoms with E-state index < -0.39 is 0 Å². The van der Waals surface area contributed by atoms with E-state index in [-0.39, 0.29) is 0 Å². The minimum atomic E-state index is 0.854. The van der Waals surface area contributed by atoms with Gasteiger partial charge in [0.15, 0.2) is 0 Å². The van der Waals surface area contributed by atoms with E-state index in [1.807, 2.05) is 37.0 Å². The zero-order valence-corrected chi connectivity index (χ0v) is 13.4. The molecule has 2 aromatic heterocycles. The van der Waals surface area contributed by atoms with Crippen molar-refractivity contribution in [2.45, 2.75) is 17.7 Å². The summed E-state index contributed by atoms with van der Waals surface area (Å²) in [5, 5.41) is 5.38. The highest BCUT2D eigenvalue weighted by Crippen LogP contribution is 2.27. The first kappa shape index (κ1) is 13.1. The van der Waals surface area contributed by atoms with E-state index in [2.05, 4.69) is 41.9 Å². The Morgan fingerprint density at radius 3 is 2.65 bits per heavy atom. The lowest BCUT2D eigenvalue weighted by Gasteiger charge is -2.02. The van der Waals surface area contributed by atoms with Crippen LogP contribution in [0.25, 0.3) is 0 Å². The zero-order chi connectivity index (χ0) is 12.4. The topological polar surface area (TPSA) is 30.7 Å². The Morgan fingerprint density at radius 2 is 2.12 bits per heavy atom. The molecule has 0 spiro atoms. The summed E-state index contributed by atoms with van der Waals surface area (Å²) in [5.74, 6) is 0.854. The van der Waals surface area contributed by atoms with Gasteiger partial charge in [0.1, 0.15) is 0 Å². The third-order valence-corrected chi connectivity index (χ3v) is 4.77. The first-order chi connectivity index (χ1) is 8.08. The molecule has 0 bridgehead atoms. The molecule has 0 aliphatic carbocycles. The Balaban J connectivity index is 2.09. The van der Waals surface area contributed by atoms with Gasteiger partial charge in [0.2, 0.25) is 0 Å². The number of aryl methyl sites for hydroxylation is 2. The van der Waals surface area contributed by atoms with Crippen LogP contribution in [-0.2, 0) is 12.8 Å². The first-order valence-electron chi connectivity index (χ1n) is 5.00. The van der Waals surface area contributed by atoms with Crippen molar-refractivity contribution in [1.82, 2.24) is 14.8 Å². The fourth-order valence-corrected chi connectivity index (χ4v) is 3.23. The number of pyridine rings is 1. The molecule has 2 rings (SSSR count). The molecule has 0 N–H and O–H groups in total. The van der Waals surface area contributed by atoms with Crippen molar-refractivity contribution in [2.24, 2.45) is 7.05 Å². The average molecular weight is 377 g/mol. The van der Waals surface area contributed by atoms with Crippen LogP contribution in [-0.4, -0.2) is 14.8 Å². The second-order valence-corrected chi connectivity index (χ2v) is 6.28. The molecule has 0 unspecified atom stereocenters. The van der Waals surface area contributed by atoms with Crippen LogP contribution in [0.1, 0.15) is 11.4 Å². The monoisotopic (exact) mass is 375 g/mol. The molecule has 0 amide bonds. The highest BCUT2D eigenvalue weighted by Gasteiger charge is 2.10. The van der Waals surface area contributed by atoms with E-state index in [0.717, 1.165) is 25.4 Å². The minimum Gasteiger partial charge on any atom is -0.270 e. The second kappa shape index (κ2) is 5.54. The van der Waals surface area contributed by atoms with Crippen LogP contribution < -0.4 is 0 Å². The Morgan fingerprint density at radius 1 is 1.35 bits per heavy atom. The van der Waals surface area contributed by atoms with Gasteiger partial charge in [-0.05, 0) is 50.9 Å². The lowest BCUT2D eigenvalue weighted by molar-refractivity contribution is 0.727. The molecule has 3 nitrogen and oxygen atoms in total. The molecular formula is C11H11Br2N3S. The molecule has 0 aliphatic heterocycles. The molecular weight excluding hydrogens is 366 g/mol. The van der Waals surface area contributed by atoms with Gasteiger partial charge in [0, 0.05) is 23.5 Å². The van der Waals surface area contributed by atoms with Gasteiger partial charge in [0.25, 0.3) is 0 Å². The van der Waals surface area contributed by atoms with E-state index in [4.69, 9.17) is 0 Å². The van der Waals surface area contributed by atoms with Crippen molar-refractivity contribution in [3.05, 3.63) is 38.7 Å². The van der Waals surface area contributed by atoms with E-state index in [0.29, 0.717) is 0 Å². The molecule has 6 heteroatoms. The van der Waals surface area contributed by atoms with E-state index in [1.165, 1.54) is 5.69 Å². The highest BCUT2D eigenvalue weighted by atomic mass is 79.9. The summed E-state index contributed by atoms with van der Waals surface area (Å²) in [6, 6.07) is 4.00. The lowest BCUT2D eigenvalue weighted by Crippen LogP contribution is -1.96. The Bertz CT molecular complexity index is 522. The molecule has 0 saturated carbocycles. The molecule has 0 aromatic carbocycles. The molecule has 0 atom stereocenters. The number of hydrogen-bond donors (Lipinski definition) is 0. The molecule has 0 aliphatic rings. The Labute approximate surface area is 121 Å². The van der Waals surface area contributed by atoms with Crippen molar-refractivity contribution in [2.75, 3.05) is 0 Å². The Hall–Kier alpha value is -0.330. The number of rotatable bonds is 3. The molecule has 0 fully saturated rings. The van der Waals surface area contributed by atoms with E-state index >= 15 is 0 Å². The van der Waals surface area contributed by atoms with Gasteiger partial charge >= 0.3 is 0 Å². The summed E-state index contributed by atoms with van der Waals surface area (Å²) in [5.41, 5.74) is 2.20. The third-order valence-electron chi connectivity index (χ3n) is 2.32. The minimum absolute atomic E-state index is 0.854. The summed E-state index contributed by atoms with van der Waals surface area (Å²) in [4.78, 5) is 4.33. The number of thioether (sulfide) groups is 1. The predicted octanol–water partition coefficient (Wildman–Crippen LogP) is 3.94. The lowest BCUT2D eigenvalue weighted by atomic mass is 10.4. The van der Waals surface area contributed by atoms with Crippen LogP contribution in [0.15, 0.2) is 32.3 Å². The summed E-state index contributed by atoms with van der Waals surface area (Å²) >= 11 is 8.64. The summed E-state index contributed by atoms with van der Waals surface area (Å²) < 4.78 is 4.00. The first-order valence-corrected chi connectivity index (χ1v) is 7.57. The smallest absolute Gasteiger partial charge is 0.0964 e. The third kappa shape index (κ3) is 3.11. The molecule has 2 aromatic rings. The highest BCUT2D eigenvalue weighted by molar-refractivity contribution is 9.10. The van der Waals surface area contributed by atoms with Gasteiger partial charge in [0.05, 0.1) is 20.9 Å². The van der Waals surface area contributed by atoms with Crippen LogP contribution in [0, 0.1) is 6.92 Å². The van der Waals surface area contributed by atoms with E-state index in [1.54, 1.807) is 11.8 Å². The van der Waals surface area contributed by atoms with Crippen molar-refractivity contribution in [3.8, 4) is 0 Å². The average Bonchev–Trinajstić information content (AvgIpc) is 2.54. The maximum Gasteiger partial charge on any atom is 0.0964 e. The van der Waals surface area contributed by atoms with Crippen LogP contribution in [0.3, 0.4) is 0 Å². The van der Waals surface area contributed by atoms with Gasteiger partial charge in [-0.1, -0.05) is 0 Å². The second-order valence-electron chi connectivity index (χ2n) is 3.57. The van der Waals surface area contributed by atoms with Gasteiger partial charge in [-0.25, -0.2) is 4.98 Å². The van der Waals surface area contributed by atoms with Crippen molar-refractivity contribution >= 4 is 43.6 Å². The van der Waals surface area contributed by atoms with Crippen molar-refractivity contribution < 1.29 is 0 Å². The Kier molecular flexibility index (Phi) is 4.27.